The lowest BCUT2D eigenvalue weighted by Gasteiger charge is -2.33. The Labute approximate surface area is 210 Å². The van der Waals surface area contributed by atoms with Crippen LogP contribution in [0.1, 0.15) is 57.1 Å². The maximum atomic E-state index is 6.63. The Kier molecular flexibility index (Phi) is 7.13. The maximum Gasteiger partial charge on any atom is 0.230 e. The Morgan fingerprint density at radius 2 is 1.49 bits per heavy atom. The fourth-order valence-corrected chi connectivity index (χ4v) is 5.70. The predicted molar refractivity (Wildman–Crippen MR) is 146 cm³/mol. The van der Waals surface area contributed by atoms with Crippen LogP contribution in [-0.4, -0.2) is 24.1 Å². The van der Waals surface area contributed by atoms with Crippen LogP contribution >= 0.6 is 0 Å². The summed E-state index contributed by atoms with van der Waals surface area (Å²) in [4.78, 5) is 0. The number of para-hydroxylation sites is 1. The van der Waals surface area contributed by atoms with Crippen molar-refractivity contribution in [3.63, 3.8) is 0 Å². The monoisotopic (exact) mass is 464 g/mol. The first-order chi connectivity index (χ1) is 17.1. The quantitative estimate of drug-likeness (QED) is 0.281. The highest BCUT2D eigenvalue weighted by atomic mass is 16.4. The normalized spacial score (nSPS) is 26.9. The SMILES string of the molecule is CC(C)[C@@H]1CC[C@@H](C)C[C@H]1[O+]=[C-][C@@H]1[C@@H](c2ccccc2)C(c2ccccc2)=NN1c1ccccc1. The third-order valence-corrected chi connectivity index (χ3v) is 7.64. The van der Waals surface area contributed by atoms with Crippen LogP contribution in [0.4, 0.5) is 5.69 Å². The van der Waals surface area contributed by atoms with E-state index in [1.807, 2.05) is 6.07 Å². The number of hydrogen-bond acceptors (Lipinski definition) is 2. The third-order valence-electron chi connectivity index (χ3n) is 7.64. The summed E-state index contributed by atoms with van der Waals surface area (Å²) in [5, 5.41) is 7.32. The minimum absolute atomic E-state index is 0.0253. The summed E-state index contributed by atoms with van der Waals surface area (Å²) in [6.45, 7) is 7.00. The number of benzene rings is 3. The Hall–Kier alpha value is -3.20. The zero-order chi connectivity index (χ0) is 24.2. The first-order valence-electron chi connectivity index (χ1n) is 13.1. The molecule has 5 atom stereocenters. The Balaban J connectivity index is 1.58. The maximum absolute atomic E-state index is 6.63. The van der Waals surface area contributed by atoms with Gasteiger partial charge in [-0.2, -0.15) is 5.10 Å². The lowest BCUT2D eigenvalue weighted by atomic mass is 9.75. The molecule has 0 unspecified atom stereocenters. The van der Waals surface area contributed by atoms with Crippen molar-refractivity contribution in [1.29, 1.82) is 0 Å². The highest BCUT2D eigenvalue weighted by Gasteiger charge is 2.38. The van der Waals surface area contributed by atoms with Gasteiger partial charge in [0.2, 0.25) is 6.10 Å². The number of carbonyl (C=O) groups excluding carboxylic acids is 1. The number of hydrogen-bond donors (Lipinski definition) is 0. The van der Waals surface area contributed by atoms with Crippen molar-refractivity contribution in [3.8, 4) is 0 Å². The minimum atomic E-state index is -0.153. The van der Waals surface area contributed by atoms with Crippen LogP contribution in [0.5, 0.6) is 0 Å². The van der Waals surface area contributed by atoms with Gasteiger partial charge in [0.15, 0.2) is 0 Å². The summed E-state index contributed by atoms with van der Waals surface area (Å²) < 4.78 is 6.63. The fraction of sp³-hybridized carbons (Fsp3) is 0.375. The van der Waals surface area contributed by atoms with Gasteiger partial charge in [0, 0.05) is 30.6 Å². The van der Waals surface area contributed by atoms with Crippen LogP contribution in [-0.2, 0) is 4.42 Å². The minimum Gasteiger partial charge on any atom is -0.452 e. The second-order valence-corrected chi connectivity index (χ2v) is 10.5. The van der Waals surface area contributed by atoms with Crippen molar-refractivity contribution in [2.45, 2.75) is 58.1 Å². The molecule has 1 heterocycles. The van der Waals surface area contributed by atoms with Crippen molar-refractivity contribution < 1.29 is 4.42 Å². The molecular weight excluding hydrogens is 428 g/mol. The largest absolute Gasteiger partial charge is 0.452 e. The van der Waals surface area contributed by atoms with Crippen molar-refractivity contribution >= 4 is 17.7 Å². The average Bonchev–Trinajstić information content (AvgIpc) is 3.28. The summed E-state index contributed by atoms with van der Waals surface area (Å²) in [6, 6.07) is 31.5. The summed E-state index contributed by atoms with van der Waals surface area (Å²) in [6.07, 6.45) is 7.38. The molecule has 1 aliphatic heterocycles. The molecule has 0 radical (unpaired) electrons. The van der Waals surface area contributed by atoms with Gasteiger partial charge >= 0.3 is 0 Å². The van der Waals surface area contributed by atoms with E-state index in [4.69, 9.17) is 9.53 Å². The summed E-state index contributed by atoms with van der Waals surface area (Å²) >= 11 is 0. The highest BCUT2D eigenvalue weighted by Crippen LogP contribution is 2.38. The van der Waals surface area contributed by atoms with E-state index in [1.54, 1.807) is 0 Å². The van der Waals surface area contributed by atoms with Crippen LogP contribution in [0, 0.1) is 17.8 Å². The van der Waals surface area contributed by atoms with Gasteiger partial charge in [-0.05, 0) is 47.9 Å². The molecule has 1 saturated carbocycles. The molecule has 1 fully saturated rings. The van der Waals surface area contributed by atoms with Crippen molar-refractivity contribution in [2.75, 3.05) is 5.01 Å². The Morgan fingerprint density at radius 3 is 2.14 bits per heavy atom. The number of rotatable bonds is 6. The van der Waals surface area contributed by atoms with Crippen LogP contribution in [0.3, 0.4) is 0 Å². The lowest BCUT2D eigenvalue weighted by Crippen LogP contribution is -2.37. The first kappa shape index (κ1) is 23.5. The van der Waals surface area contributed by atoms with Gasteiger partial charge in [-0.1, -0.05) is 99.6 Å². The van der Waals surface area contributed by atoms with E-state index < -0.39 is 0 Å². The number of hydrazone groups is 1. The molecule has 35 heavy (non-hydrogen) atoms. The van der Waals surface area contributed by atoms with E-state index in [0.29, 0.717) is 17.8 Å². The van der Waals surface area contributed by atoms with E-state index in [9.17, 15) is 0 Å². The molecule has 3 aromatic rings. The van der Waals surface area contributed by atoms with Gasteiger partial charge in [0.1, 0.15) is 0 Å². The molecule has 3 aromatic carbocycles. The number of nitrogens with zero attached hydrogens (tertiary/aromatic N) is 2. The van der Waals surface area contributed by atoms with E-state index in [2.05, 4.69) is 117 Å². The van der Waals surface area contributed by atoms with Gasteiger partial charge in [-0.3, -0.25) is 5.01 Å². The van der Waals surface area contributed by atoms with Gasteiger partial charge in [-0.15, -0.1) is 0 Å². The summed E-state index contributed by atoms with van der Waals surface area (Å²) in [5.74, 6) is 1.88. The van der Waals surface area contributed by atoms with Crippen molar-refractivity contribution in [1.82, 2.24) is 0 Å². The summed E-state index contributed by atoms with van der Waals surface area (Å²) in [7, 11) is 0. The van der Waals surface area contributed by atoms with E-state index in [1.165, 1.54) is 18.4 Å². The van der Waals surface area contributed by atoms with Crippen LogP contribution in [0.15, 0.2) is 96.1 Å². The summed E-state index contributed by atoms with van der Waals surface area (Å²) in [5.41, 5.74) is 4.47. The smallest absolute Gasteiger partial charge is 0.230 e. The van der Waals surface area contributed by atoms with Gasteiger partial charge in [0.25, 0.3) is 0 Å². The van der Waals surface area contributed by atoms with E-state index in [0.717, 1.165) is 23.4 Å². The molecule has 0 saturated heterocycles. The second-order valence-electron chi connectivity index (χ2n) is 10.5. The van der Waals surface area contributed by atoms with Crippen LogP contribution < -0.4 is 5.01 Å². The molecule has 3 nitrogen and oxygen atoms in total. The zero-order valence-corrected chi connectivity index (χ0v) is 21.0. The average molecular weight is 465 g/mol. The zero-order valence-electron chi connectivity index (χ0n) is 21.0. The second kappa shape index (κ2) is 10.6. The molecule has 0 N–H and O–H groups in total. The van der Waals surface area contributed by atoms with Crippen LogP contribution in [0.2, 0.25) is 0 Å². The van der Waals surface area contributed by atoms with E-state index >= 15 is 0 Å². The van der Waals surface area contributed by atoms with E-state index in [-0.39, 0.29) is 18.1 Å². The van der Waals surface area contributed by atoms with Crippen LogP contribution in [0.25, 0.3) is 0 Å². The molecule has 0 bridgehead atoms. The highest BCUT2D eigenvalue weighted by molar-refractivity contribution is 6.10. The molecule has 3 heteroatoms. The first-order valence-corrected chi connectivity index (χ1v) is 13.1. The molecule has 180 valence electrons. The van der Waals surface area contributed by atoms with Crippen molar-refractivity contribution in [2.24, 2.45) is 22.9 Å². The van der Waals surface area contributed by atoms with Gasteiger partial charge < -0.3 is 4.42 Å². The third kappa shape index (κ3) is 5.10. The Bertz CT molecular complexity index is 1140. The standard InChI is InChI=1S/C32H36N2O/c1-23(2)28-20-19-24(3)21-30(28)35-22-29-31(25-13-7-4-8-14-25)32(26-15-9-5-10-16-26)33-34(29)27-17-11-6-12-18-27/h4-18,23-24,28-31H,19-21H2,1-3H3/t24-,28+,29-,30-,31-/m1/s1. The van der Waals surface area contributed by atoms with Gasteiger partial charge in [-0.25, -0.2) is 0 Å². The Morgan fingerprint density at radius 1 is 0.857 bits per heavy atom. The molecule has 1 aliphatic carbocycles. The molecule has 2 aliphatic rings. The fourth-order valence-electron chi connectivity index (χ4n) is 5.70. The molecular formula is C32H36N2O. The lowest BCUT2D eigenvalue weighted by molar-refractivity contribution is -0.0739. The predicted octanol–water partition coefficient (Wildman–Crippen LogP) is 7.17. The molecule has 0 amide bonds. The molecule has 0 spiro atoms. The number of anilines is 1. The van der Waals surface area contributed by atoms with Crippen molar-refractivity contribution in [3.05, 3.63) is 102 Å². The molecule has 0 aromatic heterocycles. The van der Waals surface area contributed by atoms with Gasteiger partial charge in [0.05, 0.1) is 11.4 Å². The molecule has 5 rings (SSSR count). The topological polar surface area (TPSA) is 26.9 Å².